The second kappa shape index (κ2) is 3.96. The summed E-state index contributed by atoms with van der Waals surface area (Å²) in [6.45, 7) is 0. The number of hydrogen-bond acceptors (Lipinski definition) is 4. The van der Waals surface area contributed by atoms with Crippen LogP contribution in [0, 0.1) is 5.82 Å². The van der Waals surface area contributed by atoms with E-state index >= 15 is 0 Å². The highest BCUT2D eigenvalue weighted by atomic mass is 35.5. The zero-order valence-corrected chi connectivity index (χ0v) is 8.28. The molecule has 78 valence electrons. The van der Waals surface area contributed by atoms with Crippen LogP contribution >= 0.6 is 11.6 Å². The van der Waals surface area contributed by atoms with Crippen LogP contribution in [0.15, 0.2) is 29.1 Å². The molecular weight excluding hydrogens is 221 g/mol. The lowest BCUT2D eigenvalue weighted by Gasteiger charge is -2.09. The van der Waals surface area contributed by atoms with Crippen LogP contribution in [0.5, 0.6) is 0 Å². The first-order valence-electron chi connectivity index (χ1n) is 4.16. The molecule has 0 amide bonds. The number of aromatic nitrogens is 2. The van der Waals surface area contributed by atoms with Crippen molar-refractivity contribution in [2.75, 3.05) is 0 Å². The number of nitrogens with two attached hydrogens (primary N) is 1. The molecular formula is C9H7ClFN3O. The van der Waals surface area contributed by atoms with Gasteiger partial charge >= 0.3 is 0 Å². The van der Waals surface area contributed by atoms with Gasteiger partial charge in [-0.3, -0.25) is 0 Å². The number of hydrogen-bond donors (Lipinski definition) is 1. The topological polar surface area (TPSA) is 64.9 Å². The molecule has 0 saturated carbocycles. The van der Waals surface area contributed by atoms with Crippen LogP contribution in [0.4, 0.5) is 4.39 Å². The number of benzene rings is 1. The highest BCUT2D eigenvalue weighted by Crippen LogP contribution is 2.24. The summed E-state index contributed by atoms with van der Waals surface area (Å²) in [7, 11) is 0. The van der Waals surface area contributed by atoms with Crippen molar-refractivity contribution in [1.29, 1.82) is 0 Å². The van der Waals surface area contributed by atoms with E-state index in [-0.39, 0.29) is 16.4 Å². The summed E-state index contributed by atoms with van der Waals surface area (Å²) < 4.78 is 18.1. The molecule has 2 rings (SSSR count). The van der Waals surface area contributed by atoms with Crippen molar-refractivity contribution in [3.8, 4) is 0 Å². The Morgan fingerprint density at radius 1 is 1.47 bits per heavy atom. The fourth-order valence-corrected chi connectivity index (χ4v) is 1.40. The van der Waals surface area contributed by atoms with Gasteiger partial charge in [-0.15, -0.1) is 0 Å². The second-order valence-electron chi connectivity index (χ2n) is 2.91. The molecule has 1 heterocycles. The summed E-state index contributed by atoms with van der Waals surface area (Å²) >= 11 is 5.62. The maximum atomic E-state index is 13.5. The largest absolute Gasteiger partial charge is 0.343 e. The Morgan fingerprint density at radius 3 is 2.93 bits per heavy atom. The summed E-state index contributed by atoms with van der Waals surface area (Å²) in [6.07, 6.45) is 1.14. The summed E-state index contributed by atoms with van der Waals surface area (Å²) in [6, 6.07) is 3.81. The lowest BCUT2D eigenvalue weighted by Crippen LogP contribution is -2.15. The quantitative estimate of drug-likeness (QED) is 0.851. The second-order valence-corrected chi connectivity index (χ2v) is 3.32. The predicted molar refractivity (Wildman–Crippen MR) is 51.7 cm³/mol. The van der Waals surface area contributed by atoms with Crippen molar-refractivity contribution in [1.82, 2.24) is 10.1 Å². The zero-order valence-electron chi connectivity index (χ0n) is 7.52. The molecule has 0 saturated heterocycles. The van der Waals surface area contributed by atoms with E-state index in [0.717, 1.165) is 6.39 Å². The van der Waals surface area contributed by atoms with Crippen molar-refractivity contribution in [3.05, 3.63) is 46.8 Å². The Kier molecular flexibility index (Phi) is 2.66. The average molecular weight is 228 g/mol. The Morgan fingerprint density at radius 2 is 2.27 bits per heavy atom. The standard InChI is InChI=1S/C9H7ClFN3O/c10-6-3-1-2-5(7(6)11)8(12)9-13-4-15-14-9/h1-4,8H,12H2. The molecule has 0 bridgehead atoms. The van der Waals surface area contributed by atoms with Gasteiger partial charge in [-0.2, -0.15) is 4.98 Å². The lowest BCUT2D eigenvalue weighted by molar-refractivity contribution is 0.407. The minimum atomic E-state index is -0.776. The van der Waals surface area contributed by atoms with Crippen LogP contribution in [0.2, 0.25) is 5.02 Å². The predicted octanol–water partition coefficient (Wildman–Crippen LogP) is 1.91. The third-order valence-corrected chi connectivity index (χ3v) is 2.26. The fraction of sp³-hybridized carbons (Fsp3) is 0.111. The van der Waals surface area contributed by atoms with Crippen molar-refractivity contribution < 1.29 is 8.91 Å². The molecule has 2 aromatic rings. The molecule has 2 N–H and O–H groups in total. The van der Waals surface area contributed by atoms with Crippen LogP contribution < -0.4 is 5.73 Å². The van der Waals surface area contributed by atoms with Gasteiger partial charge in [0, 0.05) is 5.56 Å². The maximum absolute atomic E-state index is 13.5. The maximum Gasteiger partial charge on any atom is 0.213 e. The molecule has 6 heteroatoms. The van der Waals surface area contributed by atoms with Gasteiger partial charge in [-0.1, -0.05) is 28.9 Å². The van der Waals surface area contributed by atoms with Crippen molar-refractivity contribution >= 4 is 11.6 Å². The van der Waals surface area contributed by atoms with Gasteiger partial charge < -0.3 is 10.3 Å². The molecule has 0 aliphatic heterocycles. The average Bonchev–Trinajstić information content (AvgIpc) is 2.74. The molecule has 0 aliphatic carbocycles. The first-order chi connectivity index (χ1) is 7.20. The molecule has 1 aromatic carbocycles. The molecule has 1 unspecified atom stereocenters. The highest BCUT2D eigenvalue weighted by Gasteiger charge is 2.18. The van der Waals surface area contributed by atoms with Gasteiger partial charge in [0.1, 0.15) is 5.82 Å². The van der Waals surface area contributed by atoms with Crippen molar-refractivity contribution in [2.24, 2.45) is 5.73 Å². The van der Waals surface area contributed by atoms with Crippen molar-refractivity contribution in [2.45, 2.75) is 6.04 Å². The molecule has 15 heavy (non-hydrogen) atoms. The van der Waals surface area contributed by atoms with Crippen LogP contribution in [0.3, 0.4) is 0 Å². The molecule has 1 aromatic heterocycles. The third kappa shape index (κ3) is 1.84. The minimum Gasteiger partial charge on any atom is -0.343 e. The smallest absolute Gasteiger partial charge is 0.213 e. The molecule has 4 nitrogen and oxygen atoms in total. The minimum absolute atomic E-state index is 0.0199. The third-order valence-electron chi connectivity index (χ3n) is 1.97. The number of halogens is 2. The van der Waals surface area contributed by atoms with Gasteiger partial charge in [0.15, 0.2) is 5.82 Å². The van der Waals surface area contributed by atoms with E-state index < -0.39 is 11.9 Å². The van der Waals surface area contributed by atoms with Gasteiger partial charge in [-0.25, -0.2) is 4.39 Å². The van der Waals surface area contributed by atoms with E-state index in [1.165, 1.54) is 12.1 Å². The Bertz CT molecular complexity index is 460. The summed E-state index contributed by atoms with van der Waals surface area (Å²) in [4.78, 5) is 3.75. The van der Waals surface area contributed by atoms with E-state index in [4.69, 9.17) is 17.3 Å². The normalized spacial score (nSPS) is 12.7. The van der Waals surface area contributed by atoms with E-state index in [2.05, 4.69) is 14.7 Å². The zero-order chi connectivity index (χ0) is 10.8. The first-order valence-corrected chi connectivity index (χ1v) is 4.53. The van der Waals surface area contributed by atoms with Gasteiger partial charge in [-0.05, 0) is 6.07 Å². The van der Waals surface area contributed by atoms with Crippen LogP contribution in [0.1, 0.15) is 17.4 Å². The SMILES string of the molecule is NC(c1ncon1)c1cccc(Cl)c1F. The highest BCUT2D eigenvalue weighted by molar-refractivity contribution is 6.30. The fourth-order valence-electron chi connectivity index (χ4n) is 1.22. The van der Waals surface area contributed by atoms with E-state index in [1.807, 2.05) is 0 Å². The number of rotatable bonds is 2. The van der Waals surface area contributed by atoms with E-state index in [1.54, 1.807) is 6.07 Å². The Balaban J connectivity index is 2.42. The van der Waals surface area contributed by atoms with Crippen molar-refractivity contribution in [3.63, 3.8) is 0 Å². The summed E-state index contributed by atoms with van der Waals surface area (Å²) in [5, 5.41) is 3.56. The summed E-state index contributed by atoms with van der Waals surface area (Å²) in [5.74, 6) is -0.340. The van der Waals surface area contributed by atoms with Crippen LogP contribution in [-0.4, -0.2) is 10.1 Å². The van der Waals surface area contributed by atoms with E-state index in [0.29, 0.717) is 0 Å². The monoisotopic (exact) mass is 227 g/mol. The lowest BCUT2D eigenvalue weighted by atomic mass is 10.1. The van der Waals surface area contributed by atoms with E-state index in [9.17, 15) is 4.39 Å². The molecule has 0 radical (unpaired) electrons. The van der Waals surface area contributed by atoms with Gasteiger partial charge in [0.05, 0.1) is 11.1 Å². The van der Waals surface area contributed by atoms with Crippen LogP contribution in [0.25, 0.3) is 0 Å². The number of nitrogens with zero attached hydrogens (tertiary/aromatic N) is 2. The molecule has 1 atom stereocenters. The Hall–Kier alpha value is -1.46. The Labute approximate surface area is 89.8 Å². The van der Waals surface area contributed by atoms with Crippen LogP contribution in [-0.2, 0) is 0 Å². The molecule has 0 spiro atoms. The first kappa shape index (κ1) is 10.1. The molecule has 0 fully saturated rings. The van der Waals surface area contributed by atoms with Gasteiger partial charge in [0.2, 0.25) is 6.39 Å². The molecule has 0 aliphatic rings. The van der Waals surface area contributed by atoms with Gasteiger partial charge in [0.25, 0.3) is 0 Å². The summed E-state index contributed by atoms with van der Waals surface area (Å²) in [5.41, 5.74) is 5.99.